The van der Waals surface area contributed by atoms with E-state index in [1.165, 1.54) is 0 Å². The molecule has 10 N–H and O–H groups in total. The van der Waals surface area contributed by atoms with Crippen LogP contribution in [0.15, 0.2) is 0 Å². The second-order valence-electron chi connectivity index (χ2n) is 9.59. The summed E-state index contributed by atoms with van der Waals surface area (Å²) in [6.45, 7) is 2.25. The van der Waals surface area contributed by atoms with E-state index in [-0.39, 0.29) is 31.4 Å². The van der Waals surface area contributed by atoms with E-state index in [2.05, 4.69) is 16.0 Å². The van der Waals surface area contributed by atoms with E-state index < -0.39 is 48.9 Å². The fraction of sp³-hybridized carbons (Fsp3) is 0.846. The smallest absolute Gasteiger partial charge is 0.328 e. The number of ether oxygens (including phenoxy) is 1. The van der Waals surface area contributed by atoms with Gasteiger partial charge in [0.2, 0.25) is 11.8 Å². The zero-order chi connectivity index (χ0) is 30.3. The molecule has 14 heteroatoms. The quantitative estimate of drug-likeness (QED) is 0.0446. The predicted molar refractivity (Wildman–Crippen MR) is 146 cm³/mol. The molecule has 3 amide bonds. The topological polar surface area (TPSA) is 241 Å². The van der Waals surface area contributed by atoms with Gasteiger partial charge in [-0.3, -0.25) is 14.4 Å². The zero-order valence-electron chi connectivity index (χ0n) is 23.6. The lowest BCUT2D eigenvalue weighted by molar-refractivity contribution is -0.149. The van der Waals surface area contributed by atoms with Crippen molar-refractivity contribution in [3.05, 3.63) is 0 Å². The molecule has 0 radical (unpaired) electrons. The van der Waals surface area contributed by atoms with E-state index in [0.29, 0.717) is 58.0 Å². The molecule has 0 unspecified atom stereocenters. The summed E-state index contributed by atoms with van der Waals surface area (Å²) in [6, 6.07) is -0.786. The molecule has 0 bridgehead atoms. The molecule has 5 atom stereocenters. The number of aliphatic hydroxyl groups is 5. The number of unbranched alkanes of at least 4 members (excludes halogenated alkanes) is 5. The molecule has 40 heavy (non-hydrogen) atoms. The number of rotatable bonds is 24. The van der Waals surface area contributed by atoms with Crippen LogP contribution < -0.4 is 21.7 Å². The maximum Gasteiger partial charge on any atom is 0.328 e. The average Bonchev–Trinajstić information content (AvgIpc) is 2.94. The van der Waals surface area contributed by atoms with Crippen LogP contribution in [0.2, 0.25) is 0 Å². The molecule has 0 saturated carbocycles. The van der Waals surface area contributed by atoms with E-state index in [4.69, 9.17) is 15.6 Å². The molecule has 0 saturated heterocycles. The second kappa shape index (κ2) is 23.4. The standard InChI is InChI=1S/C26H50N4O10/c1-2-40-26(39)18(11-7-10-15-28-20(33)12-5-3-8-14-27)30-21(34)13-6-4-9-16-29-25(38)24(37)23(36)22(35)19(32)17-31/h18-19,22-24,31-32,35-37H,2-17,27H2,1H3,(H,28,33)(H,29,38)(H,30,34)/t18-,19-,22-,23+,24-/m0/s1. The lowest BCUT2D eigenvalue weighted by atomic mass is 10.0. The Balaban J connectivity index is 4.25. The summed E-state index contributed by atoms with van der Waals surface area (Å²) in [7, 11) is 0. The first kappa shape index (κ1) is 37.6. The number of carbonyl (C=O) groups is 4. The van der Waals surface area contributed by atoms with Gasteiger partial charge in [-0.05, 0) is 58.4 Å². The maximum atomic E-state index is 12.4. The first-order valence-electron chi connectivity index (χ1n) is 14.1. The van der Waals surface area contributed by atoms with Crippen LogP contribution in [0.25, 0.3) is 0 Å². The van der Waals surface area contributed by atoms with E-state index in [1.807, 2.05) is 0 Å². The van der Waals surface area contributed by atoms with Crippen molar-refractivity contribution in [1.29, 1.82) is 0 Å². The summed E-state index contributed by atoms with van der Waals surface area (Å²) in [4.78, 5) is 48.3. The molecule has 0 rings (SSSR count). The number of aliphatic hydroxyl groups excluding tert-OH is 5. The van der Waals surface area contributed by atoms with Gasteiger partial charge in [-0.25, -0.2) is 4.79 Å². The zero-order valence-corrected chi connectivity index (χ0v) is 23.6. The number of carbonyl (C=O) groups excluding carboxylic acids is 4. The Kier molecular flexibility index (Phi) is 22.0. The third kappa shape index (κ3) is 17.4. The number of hydrogen-bond acceptors (Lipinski definition) is 11. The largest absolute Gasteiger partial charge is 0.464 e. The highest BCUT2D eigenvalue weighted by Gasteiger charge is 2.33. The monoisotopic (exact) mass is 578 g/mol. The molecule has 0 heterocycles. The van der Waals surface area contributed by atoms with Gasteiger partial charge in [0.25, 0.3) is 5.91 Å². The Hall–Kier alpha value is -2.36. The van der Waals surface area contributed by atoms with Crippen molar-refractivity contribution in [3.63, 3.8) is 0 Å². The summed E-state index contributed by atoms with van der Waals surface area (Å²) in [6.07, 6.45) is -1.24. The Morgan fingerprint density at radius 2 is 1.38 bits per heavy atom. The van der Waals surface area contributed by atoms with Crippen molar-refractivity contribution in [2.24, 2.45) is 5.73 Å². The molecule has 0 spiro atoms. The highest BCUT2D eigenvalue weighted by atomic mass is 16.5. The van der Waals surface area contributed by atoms with Gasteiger partial charge in [-0.2, -0.15) is 0 Å². The minimum atomic E-state index is -2.00. The maximum absolute atomic E-state index is 12.4. The normalized spacial score (nSPS) is 14.9. The van der Waals surface area contributed by atoms with Crippen molar-refractivity contribution in [2.75, 3.05) is 32.8 Å². The van der Waals surface area contributed by atoms with Gasteiger partial charge in [-0.15, -0.1) is 0 Å². The van der Waals surface area contributed by atoms with Crippen LogP contribution in [0.5, 0.6) is 0 Å². The van der Waals surface area contributed by atoms with Crippen LogP contribution in [-0.2, 0) is 23.9 Å². The van der Waals surface area contributed by atoms with Crippen LogP contribution in [0.3, 0.4) is 0 Å². The Morgan fingerprint density at radius 3 is 2.00 bits per heavy atom. The molecule has 0 aliphatic carbocycles. The van der Waals surface area contributed by atoms with Gasteiger partial charge in [0.05, 0.1) is 13.2 Å². The van der Waals surface area contributed by atoms with Gasteiger partial charge in [0, 0.05) is 25.9 Å². The highest BCUT2D eigenvalue weighted by Crippen LogP contribution is 2.08. The number of amides is 3. The predicted octanol–water partition coefficient (Wildman–Crippen LogP) is -2.05. The molecular formula is C26H50N4O10. The van der Waals surface area contributed by atoms with Crippen molar-refractivity contribution in [2.45, 2.75) is 108 Å². The highest BCUT2D eigenvalue weighted by molar-refractivity contribution is 5.84. The van der Waals surface area contributed by atoms with Crippen molar-refractivity contribution in [3.8, 4) is 0 Å². The lowest BCUT2D eigenvalue weighted by Crippen LogP contribution is -2.51. The number of nitrogens with two attached hydrogens (primary N) is 1. The summed E-state index contributed by atoms with van der Waals surface area (Å²) >= 11 is 0. The summed E-state index contributed by atoms with van der Waals surface area (Å²) < 4.78 is 5.06. The van der Waals surface area contributed by atoms with Gasteiger partial charge in [0.1, 0.15) is 24.4 Å². The van der Waals surface area contributed by atoms with E-state index in [9.17, 15) is 39.6 Å². The van der Waals surface area contributed by atoms with Crippen LogP contribution in [0.4, 0.5) is 0 Å². The van der Waals surface area contributed by atoms with Crippen LogP contribution in [0, 0.1) is 0 Å². The van der Waals surface area contributed by atoms with E-state index in [1.54, 1.807) is 6.92 Å². The van der Waals surface area contributed by atoms with Gasteiger partial charge in [0.15, 0.2) is 6.10 Å². The molecule has 0 aliphatic heterocycles. The first-order valence-corrected chi connectivity index (χ1v) is 14.1. The van der Waals surface area contributed by atoms with Gasteiger partial charge < -0.3 is 52.0 Å². The molecule has 0 aromatic rings. The average molecular weight is 579 g/mol. The van der Waals surface area contributed by atoms with Gasteiger partial charge in [-0.1, -0.05) is 12.8 Å². The molecular weight excluding hydrogens is 528 g/mol. The summed E-state index contributed by atoms with van der Waals surface area (Å²) in [5, 5.41) is 55.1. The SMILES string of the molecule is CCOC(=O)[C@H](CCCCNC(=O)CCCCCN)NC(=O)CCCCCNC(=O)[C@@H](O)[C@H](O)[C@@H](O)[C@@H](O)CO. The summed E-state index contributed by atoms with van der Waals surface area (Å²) in [5.41, 5.74) is 5.43. The van der Waals surface area contributed by atoms with Crippen molar-refractivity contribution >= 4 is 23.7 Å². The molecule has 14 nitrogen and oxygen atoms in total. The van der Waals surface area contributed by atoms with Crippen LogP contribution >= 0.6 is 0 Å². The molecule has 0 aliphatic rings. The van der Waals surface area contributed by atoms with Crippen LogP contribution in [-0.4, -0.2) is 113 Å². The third-order valence-electron chi connectivity index (χ3n) is 6.16. The minimum absolute atomic E-state index is 0.0164. The number of nitrogens with one attached hydrogen (secondary N) is 3. The minimum Gasteiger partial charge on any atom is -0.464 e. The molecule has 0 aromatic carbocycles. The molecule has 0 fully saturated rings. The van der Waals surface area contributed by atoms with E-state index >= 15 is 0 Å². The van der Waals surface area contributed by atoms with Crippen molar-refractivity contribution in [1.82, 2.24) is 16.0 Å². The van der Waals surface area contributed by atoms with Crippen LogP contribution in [0.1, 0.15) is 77.6 Å². The van der Waals surface area contributed by atoms with E-state index in [0.717, 1.165) is 19.3 Å². The Morgan fingerprint density at radius 1 is 0.775 bits per heavy atom. The summed E-state index contributed by atoms with van der Waals surface area (Å²) in [5.74, 6) is -1.80. The fourth-order valence-electron chi connectivity index (χ4n) is 3.74. The Bertz CT molecular complexity index is 728. The molecule has 0 aromatic heterocycles. The second-order valence-corrected chi connectivity index (χ2v) is 9.59. The fourth-order valence-corrected chi connectivity index (χ4v) is 3.74. The Labute approximate surface area is 236 Å². The third-order valence-corrected chi connectivity index (χ3v) is 6.16. The first-order chi connectivity index (χ1) is 19.1. The number of hydrogen-bond donors (Lipinski definition) is 9. The number of esters is 1. The van der Waals surface area contributed by atoms with Gasteiger partial charge >= 0.3 is 5.97 Å². The molecule has 234 valence electrons. The van der Waals surface area contributed by atoms with Crippen molar-refractivity contribution < 1.29 is 49.4 Å². The lowest BCUT2D eigenvalue weighted by Gasteiger charge is -2.24.